The summed E-state index contributed by atoms with van der Waals surface area (Å²) >= 11 is 0. The first-order chi connectivity index (χ1) is 11.5. The summed E-state index contributed by atoms with van der Waals surface area (Å²) in [5.74, 6) is 0.354. The third kappa shape index (κ3) is 3.37. The van der Waals surface area contributed by atoms with E-state index in [4.69, 9.17) is 4.74 Å². The Hall–Kier alpha value is -2.12. The van der Waals surface area contributed by atoms with E-state index < -0.39 is 11.4 Å². The van der Waals surface area contributed by atoms with Crippen LogP contribution in [0.15, 0.2) is 0 Å². The third-order valence-electron chi connectivity index (χ3n) is 4.94. The molecule has 2 saturated heterocycles. The summed E-state index contributed by atoms with van der Waals surface area (Å²) in [5, 5.41) is 9.41. The fourth-order valence-electron chi connectivity index (χ4n) is 3.29. The maximum atomic E-state index is 11.5. The molecule has 3 rings (SSSR count). The number of rotatable bonds is 4. The van der Waals surface area contributed by atoms with E-state index in [1.807, 2.05) is 4.90 Å². The van der Waals surface area contributed by atoms with Crippen LogP contribution in [-0.2, 0) is 4.79 Å². The number of carboxylic acid groups (broad SMARTS) is 1. The summed E-state index contributed by atoms with van der Waals surface area (Å²) in [4.78, 5) is 28.9. The molecule has 132 valence electrons. The van der Waals surface area contributed by atoms with E-state index in [9.17, 15) is 9.90 Å². The maximum absolute atomic E-state index is 11.5. The van der Waals surface area contributed by atoms with Gasteiger partial charge in [0.25, 0.3) is 0 Å². The summed E-state index contributed by atoms with van der Waals surface area (Å²) in [5.41, 5.74) is -0.761. The second kappa shape index (κ2) is 6.78. The van der Waals surface area contributed by atoms with E-state index in [0.29, 0.717) is 31.4 Å². The highest BCUT2D eigenvalue weighted by Crippen LogP contribution is 2.33. The molecule has 0 amide bonds. The smallest absolute Gasteiger partial charge is 0.322 e. The number of hydrogen-bond donors (Lipinski definition) is 1. The van der Waals surface area contributed by atoms with Crippen LogP contribution in [0.5, 0.6) is 6.01 Å². The molecule has 24 heavy (non-hydrogen) atoms. The van der Waals surface area contributed by atoms with Crippen LogP contribution in [0.4, 0.5) is 11.9 Å². The second-order valence-electron chi connectivity index (χ2n) is 6.86. The van der Waals surface area contributed by atoms with Crippen molar-refractivity contribution in [2.45, 2.75) is 39.0 Å². The lowest BCUT2D eigenvalue weighted by Crippen LogP contribution is -2.33. The maximum Gasteiger partial charge on any atom is 0.322 e. The molecule has 0 aromatic carbocycles. The highest BCUT2D eigenvalue weighted by atomic mass is 16.5. The zero-order chi connectivity index (χ0) is 17.2. The average Bonchev–Trinajstić information content (AvgIpc) is 2.82. The lowest BCUT2D eigenvalue weighted by Gasteiger charge is -2.23. The van der Waals surface area contributed by atoms with Gasteiger partial charge in [-0.15, -0.1) is 0 Å². The molecule has 3 heterocycles. The van der Waals surface area contributed by atoms with Gasteiger partial charge in [0.1, 0.15) is 0 Å². The summed E-state index contributed by atoms with van der Waals surface area (Å²) in [6, 6.07) is 0.281. The summed E-state index contributed by atoms with van der Waals surface area (Å²) < 4.78 is 5.24. The van der Waals surface area contributed by atoms with Gasteiger partial charge in [0, 0.05) is 26.2 Å². The molecule has 1 aromatic rings. The zero-order valence-electron chi connectivity index (χ0n) is 14.4. The molecule has 2 aliphatic heterocycles. The van der Waals surface area contributed by atoms with Gasteiger partial charge in [0.15, 0.2) is 0 Å². The number of methoxy groups -OCH3 is 1. The Labute approximate surface area is 141 Å². The fraction of sp³-hybridized carbons (Fsp3) is 0.750. The lowest BCUT2D eigenvalue weighted by molar-refractivity contribution is -0.146. The number of hydrogen-bond acceptors (Lipinski definition) is 7. The summed E-state index contributed by atoms with van der Waals surface area (Å²) in [7, 11) is 1.54. The zero-order valence-corrected chi connectivity index (χ0v) is 14.4. The van der Waals surface area contributed by atoms with E-state index in [2.05, 4.69) is 19.9 Å². The molecule has 2 fully saturated rings. The molecule has 8 nitrogen and oxygen atoms in total. The van der Waals surface area contributed by atoms with Crippen LogP contribution in [0.25, 0.3) is 0 Å². The van der Waals surface area contributed by atoms with Crippen LogP contribution >= 0.6 is 0 Å². The number of aliphatic carboxylic acids is 1. The van der Waals surface area contributed by atoms with Gasteiger partial charge >= 0.3 is 12.0 Å². The van der Waals surface area contributed by atoms with Crippen molar-refractivity contribution in [2.75, 3.05) is 43.1 Å². The van der Waals surface area contributed by atoms with Crippen LogP contribution < -0.4 is 14.5 Å². The van der Waals surface area contributed by atoms with Gasteiger partial charge in [0.2, 0.25) is 11.9 Å². The number of anilines is 2. The molecule has 0 bridgehead atoms. The van der Waals surface area contributed by atoms with E-state index in [-0.39, 0.29) is 6.01 Å². The minimum absolute atomic E-state index is 0.281. The Balaban J connectivity index is 1.85. The second-order valence-corrected chi connectivity index (χ2v) is 6.86. The summed E-state index contributed by atoms with van der Waals surface area (Å²) in [6.07, 6.45) is 5.30. The van der Waals surface area contributed by atoms with Gasteiger partial charge in [0.05, 0.1) is 12.5 Å². The fourth-order valence-corrected chi connectivity index (χ4v) is 3.29. The summed E-state index contributed by atoms with van der Waals surface area (Å²) in [6.45, 7) is 4.65. The van der Waals surface area contributed by atoms with Crippen LogP contribution in [-0.4, -0.2) is 59.3 Å². The van der Waals surface area contributed by atoms with Crippen molar-refractivity contribution in [2.24, 2.45) is 5.41 Å². The molecule has 1 unspecified atom stereocenters. The van der Waals surface area contributed by atoms with Gasteiger partial charge in [-0.05, 0) is 26.2 Å². The number of aromatic nitrogens is 3. The lowest BCUT2D eigenvalue weighted by atomic mass is 9.90. The minimum Gasteiger partial charge on any atom is -0.481 e. The van der Waals surface area contributed by atoms with Crippen molar-refractivity contribution in [3.8, 4) is 6.01 Å². The predicted molar refractivity (Wildman–Crippen MR) is 89.6 cm³/mol. The molecule has 0 saturated carbocycles. The van der Waals surface area contributed by atoms with E-state index in [1.165, 1.54) is 20.0 Å². The highest BCUT2D eigenvalue weighted by Gasteiger charge is 2.41. The number of carboxylic acids is 1. The Morgan fingerprint density at radius 3 is 2.21 bits per heavy atom. The number of nitrogens with zero attached hydrogens (tertiary/aromatic N) is 5. The predicted octanol–water partition coefficient (Wildman–Crippen LogP) is 1.56. The SMILES string of the molecule is COc1nc(N2CCCCCC2)nc(N2CCC(C)(C(=O)O)C2)n1. The Kier molecular flexibility index (Phi) is 4.73. The van der Waals surface area contributed by atoms with E-state index in [0.717, 1.165) is 25.9 Å². The molecule has 0 spiro atoms. The van der Waals surface area contributed by atoms with Crippen molar-refractivity contribution in [3.05, 3.63) is 0 Å². The first-order valence-electron chi connectivity index (χ1n) is 8.55. The Morgan fingerprint density at radius 1 is 1.04 bits per heavy atom. The first-order valence-corrected chi connectivity index (χ1v) is 8.55. The number of ether oxygens (including phenoxy) is 1. The molecule has 0 aliphatic carbocycles. The van der Waals surface area contributed by atoms with E-state index >= 15 is 0 Å². The van der Waals surface area contributed by atoms with Crippen molar-refractivity contribution < 1.29 is 14.6 Å². The van der Waals surface area contributed by atoms with Crippen molar-refractivity contribution in [1.29, 1.82) is 0 Å². The van der Waals surface area contributed by atoms with Crippen molar-refractivity contribution in [1.82, 2.24) is 15.0 Å². The Morgan fingerprint density at radius 2 is 1.67 bits per heavy atom. The molecular weight excluding hydrogens is 310 g/mol. The first kappa shape index (κ1) is 16.7. The highest BCUT2D eigenvalue weighted by molar-refractivity contribution is 5.76. The van der Waals surface area contributed by atoms with Crippen LogP contribution in [0.1, 0.15) is 39.0 Å². The largest absolute Gasteiger partial charge is 0.481 e. The molecule has 1 aromatic heterocycles. The third-order valence-corrected chi connectivity index (χ3v) is 4.94. The van der Waals surface area contributed by atoms with Gasteiger partial charge < -0.3 is 19.6 Å². The normalized spacial score (nSPS) is 24.8. The molecule has 1 atom stereocenters. The van der Waals surface area contributed by atoms with E-state index in [1.54, 1.807) is 6.92 Å². The standard InChI is InChI=1S/C16H25N5O3/c1-16(12(22)23)7-10-21(11-16)14-17-13(18-15(19-14)24-2)20-8-5-3-4-6-9-20/h3-11H2,1-2H3,(H,22,23). The Bertz CT molecular complexity index is 603. The molecule has 1 N–H and O–H groups in total. The molecule has 8 heteroatoms. The minimum atomic E-state index is -0.779. The van der Waals surface area contributed by atoms with Crippen LogP contribution in [0.3, 0.4) is 0 Å². The average molecular weight is 335 g/mol. The topological polar surface area (TPSA) is 91.7 Å². The van der Waals surface area contributed by atoms with Gasteiger partial charge in [-0.25, -0.2) is 0 Å². The monoisotopic (exact) mass is 335 g/mol. The van der Waals surface area contributed by atoms with Gasteiger partial charge in [-0.3, -0.25) is 4.79 Å². The molecule has 2 aliphatic rings. The quantitative estimate of drug-likeness (QED) is 0.886. The van der Waals surface area contributed by atoms with Gasteiger partial charge in [-0.2, -0.15) is 15.0 Å². The molecule has 0 radical (unpaired) electrons. The van der Waals surface area contributed by atoms with Crippen LogP contribution in [0.2, 0.25) is 0 Å². The van der Waals surface area contributed by atoms with Crippen LogP contribution in [0, 0.1) is 5.41 Å². The van der Waals surface area contributed by atoms with Crippen molar-refractivity contribution >= 4 is 17.9 Å². The van der Waals surface area contributed by atoms with Gasteiger partial charge in [-0.1, -0.05) is 12.8 Å². The molecular formula is C16H25N5O3. The van der Waals surface area contributed by atoms with Crippen molar-refractivity contribution in [3.63, 3.8) is 0 Å². The number of carbonyl (C=O) groups is 1.